The summed E-state index contributed by atoms with van der Waals surface area (Å²) in [4.78, 5) is 4.96. The highest BCUT2D eigenvalue weighted by atomic mass is 32.2. The van der Waals surface area contributed by atoms with Crippen LogP contribution in [-0.2, 0) is 21.9 Å². The SMILES string of the molecule is CC(C)(C)c1ccc(S(=O)(=O)Nc2cccc(C3=NCCc4ccccc43)c2)cc1. The first-order chi connectivity index (χ1) is 14.2. The van der Waals surface area contributed by atoms with Crippen molar-refractivity contribution in [2.75, 3.05) is 11.3 Å². The molecule has 4 nitrogen and oxygen atoms in total. The lowest BCUT2D eigenvalue weighted by atomic mass is 9.87. The maximum absolute atomic E-state index is 12.9. The van der Waals surface area contributed by atoms with Crippen molar-refractivity contribution in [1.82, 2.24) is 0 Å². The minimum absolute atomic E-state index is 0.0267. The van der Waals surface area contributed by atoms with Gasteiger partial charge >= 0.3 is 0 Å². The van der Waals surface area contributed by atoms with Gasteiger partial charge in [0.05, 0.1) is 10.6 Å². The largest absolute Gasteiger partial charge is 0.284 e. The first-order valence-corrected chi connectivity index (χ1v) is 11.6. The maximum atomic E-state index is 12.9. The Balaban J connectivity index is 1.61. The molecule has 1 heterocycles. The monoisotopic (exact) mass is 418 g/mol. The molecule has 4 rings (SSSR count). The number of benzene rings is 3. The summed E-state index contributed by atoms with van der Waals surface area (Å²) in [5.74, 6) is 0. The van der Waals surface area contributed by atoms with E-state index in [2.05, 4.69) is 37.6 Å². The van der Waals surface area contributed by atoms with Crippen molar-refractivity contribution in [3.8, 4) is 0 Å². The fourth-order valence-corrected chi connectivity index (χ4v) is 4.72. The van der Waals surface area contributed by atoms with Crippen LogP contribution < -0.4 is 4.72 Å². The van der Waals surface area contributed by atoms with Crippen LogP contribution in [0.25, 0.3) is 0 Å². The van der Waals surface area contributed by atoms with Crippen LogP contribution in [0.3, 0.4) is 0 Å². The lowest BCUT2D eigenvalue weighted by molar-refractivity contribution is 0.587. The van der Waals surface area contributed by atoms with E-state index in [0.29, 0.717) is 5.69 Å². The van der Waals surface area contributed by atoms with Gasteiger partial charge in [0.15, 0.2) is 0 Å². The molecule has 3 aromatic carbocycles. The first-order valence-electron chi connectivity index (χ1n) is 10.1. The molecule has 0 spiro atoms. The predicted octanol–water partition coefficient (Wildman–Crippen LogP) is 5.18. The molecule has 154 valence electrons. The van der Waals surface area contributed by atoms with Gasteiger partial charge in [-0.1, -0.05) is 69.3 Å². The molecule has 30 heavy (non-hydrogen) atoms. The molecule has 3 aromatic rings. The minimum atomic E-state index is -3.67. The highest BCUT2D eigenvalue weighted by molar-refractivity contribution is 7.92. The summed E-state index contributed by atoms with van der Waals surface area (Å²) in [5, 5.41) is 0. The van der Waals surface area contributed by atoms with Crippen LogP contribution in [0.5, 0.6) is 0 Å². The molecule has 0 aromatic heterocycles. The Morgan fingerprint density at radius 3 is 2.37 bits per heavy atom. The molecular weight excluding hydrogens is 392 g/mol. The van der Waals surface area contributed by atoms with Gasteiger partial charge in [-0.15, -0.1) is 0 Å². The number of anilines is 1. The van der Waals surface area contributed by atoms with Crippen LogP contribution in [0.4, 0.5) is 5.69 Å². The van der Waals surface area contributed by atoms with Crippen molar-refractivity contribution < 1.29 is 8.42 Å². The minimum Gasteiger partial charge on any atom is -0.284 e. The molecule has 0 bridgehead atoms. The van der Waals surface area contributed by atoms with Crippen molar-refractivity contribution in [3.05, 3.63) is 95.1 Å². The third kappa shape index (κ3) is 4.17. The number of sulfonamides is 1. The van der Waals surface area contributed by atoms with Crippen LogP contribution >= 0.6 is 0 Å². The number of fused-ring (bicyclic) bond motifs is 1. The second kappa shape index (κ2) is 7.73. The van der Waals surface area contributed by atoms with Gasteiger partial charge in [0.2, 0.25) is 0 Å². The molecule has 0 amide bonds. The Labute approximate surface area is 178 Å². The third-order valence-electron chi connectivity index (χ3n) is 5.34. The number of nitrogens with one attached hydrogen (secondary N) is 1. The number of rotatable bonds is 4. The molecule has 1 aliphatic heterocycles. The number of hydrogen-bond acceptors (Lipinski definition) is 3. The van der Waals surface area contributed by atoms with Gasteiger partial charge in [-0.05, 0) is 47.2 Å². The topological polar surface area (TPSA) is 58.5 Å². The summed E-state index contributed by atoms with van der Waals surface area (Å²) in [5.41, 5.74) is 5.79. The third-order valence-corrected chi connectivity index (χ3v) is 6.74. The summed E-state index contributed by atoms with van der Waals surface area (Å²) in [7, 11) is -3.67. The molecular formula is C25H26N2O2S. The smallest absolute Gasteiger partial charge is 0.261 e. The second-order valence-electron chi connectivity index (χ2n) is 8.60. The zero-order valence-corrected chi connectivity index (χ0v) is 18.3. The van der Waals surface area contributed by atoms with Crippen LogP contribution in [0.15, 0.2) is 82.7 Å². The first kappa shape index (κ1) is 20.4. The Bertz CT molecular complexity index is 1200. The average molecular weight is 419 g/mol. The van der Waals surface area contributed by atoms with Gasteiger partial charge in [0.1, 0.15) is 0 Å². The number of hydrogen-bond donors (Lipinski definition) is 1. The van der Waals surface area contributed by atoms with Gasteiger partial charge < -0.3 is 0 Å². The Morgan fingerprint density at radius 1 is 0.900 bits per heavy atom. The molecule has 0 aliphatic carbocycles. The predicted molar refractivity (Wildman–Crippen MR) is 123 cm³/mol. The van der Waals surface area contributed by atoms with Gasteiger partial charge in [0.25, 0.3) is 10.0 Å². The zero-order chi connectivity index (χ0) is 21.4. The summed E-state index contributed by atoms with van der Waals surface area (Å²) < 4.78 is 28.5. The lowest BCUT2D eigenvalue weighted by Crippen LogP contribution is -2.16. The normalized spacial score (nSPS) is 14.0. The van der Waals surface area contributed by atoms with E-state index in [9.17, 15) is 8.42 Å². The number of aliphatic imine (C=N–C) groups is 1. The summed E-state index contributed by atoms with van der Waals surface area (Å²) in [6.07, 6.45) is 0.927. The Kier molecular flexibility index (Phi) is 5.24. The highest BCUT2D eigenvalue weighted by Crippen LogP contribution is 2.26. The van der Waals surface area contributed by atoms with Crippen molar-refractivity contribution >= 4 is 21.4 Å². The lowest BCUT2D eigenvalue weighted by Gasteiger charge is -2.19. The second-order valence-corrected chi connectivity index (χ2v) is 10.3. The highest BCUT2D eigenvalue weighted by Gasteiger charge is 2.19. The quantitative estimate of drug-likeness (QED) is 0.635. The van der Waals surface area contributed by atoms with Crippen molar-refractivity contribution in [2.45, 2.75) is 37.5 Å². The van der Waals surface area contributed by atoms with E-state index < -0.39 is 10.0 Å². The fourth-order valence-electron chi connectivity index (χ4n) is 3.67. The maximum Gasteiger partial charge on any atom is 0.261 e. The van der Waals surface area contributed by atoms with E-state index in [1.165, 1.54) is 5.56 Å². The molecule has 0 unspecified atom stereocenters. The van der Waals surface area contributed by atoms with E-state index in [1.54, 1.807) is 18.2 Å². The summed E-state index contributed by atoms with van der Waals surface area (Å²) >= 11 is 0. The molecule has 1 N–H and O–H groups in total. The van der Waals surface area contributed by atoms with Gasteiger partial charge in [-0.2, -0.15) is 0 Å². The molecule has 1 aliphatic rings. The number of nitrogens with zero attached hydrogens (tertiary/aromatic N) is 1. The Hall–Kier alpha value is -2.92. The van der Waals surface area contributed by atoms with E-state index in [-0.39, 0.29) is 10.3 Å². The van der Waals surface area contributed by atoms with E-state index in [1.807, 2.05) is 42.5 Å². The summed E-state index contributed by atoms with van der Waals surface area (Å²) in [6, 6.07) is 22.7. The van der Waals surface area contributed by atoms with Crippen LogP contribution in [0.1, 0.15) is 43.0 Å². The van der Waals surface area contributed by atoms with Crippen molar-refractivity contribution in [3.63, 3.8) is 0 Å². The standard InChI is InChI=1S/C25H26N2O2S/c1-25(2,3)20-11-13-22(14-12-20)30(28,29)27-21-9-6-8-19(17-21)24-23-10-5-4-7-18(23)15-16-26-24/h4-14,17,27H,15-16H2,1-3H3. The molecule has 0 atom stereocenters. The molecule has 0 saturated heterocycles. The molecule has 0 saturated carbocycles. The van der Waals surface area contributed by atoms with E-state index in [4.69, 9.17) is 4.99 Å². The molecule has 5 heteroatoms. The van der Waals surface area contributed by atoms with Crippen LogP contribution in [-0.4, -0.2) is 20.7 Å². The fraction of sp³-hybridized carbons (Fsp3) is 0.240. The van der Waals surface area contributed by atoms with Gasteiger partial charge in [-0.3, -0.25) is 9.71 Å². The van der Waals surface area contributed by atoms with Crippen LogP contribution in [0, 0.1) is 0 Å². The van der Waals surface area contributed by atoms with Gasteiger partial charge in [0, 0.05) is 23.4 Å². The van der Waals surface area contributed by atoms with E-state index in [0.717, 1.165) is 35.4 Å². The Morgan fingerprint density at radius 2 is 1.63 bits per heavy atom. The van der Waals surface area contributed by atoms with Crippen molar-refractivity contribution in [1.29, 1.82) is 0 Å². The summed E-state index contributed by atoms with van der Waals surface area (Å²) in [6.45, 7) is 7.05. The van der Waals surface area contributed by atoms with Gasteiger partial charge in [-0.25, -0.2) is 8.42 Å². The van der Waals surface area contributed by atoms with Crippen LogP contribution in [0.2, 0.25) is 0 Å². The molecule has 0 radical (unpaired) electrons. The average Bonchev–Trinajstić information content (AvgIpc) is 2.73. The van der Waals surface area contributed by atoms with Crippen molar-refractivity contribution in [2.24, 2.45) is 4.99 Å². The van der Waals surface area contributed by atoms with E-state index >= 15 is 0 Å². The zero-order valence-electron chi connectivity index (χ0n) is 17.5. The molecule has 0 fully saturated rings.